The monoisotopic (exact) mass is 284 g/mol. The van der Waals surface area contributed by atoms with Crippen molar-refractivity contribution in [2.24, 2.45) is 5.11 Å². The van der Waals surface area contributed by atoms with Crippen molar-refractivity contribution in [3.8, 4) is 0 Å². The van der Waals surface area contributed by atoms with Crippen molar-refractivity contribution < 1.29 is 0 Å². The molecule has 1 heterocycles. The Morgan fingerprint density at radius 3 is 2.80 bits per heavy atom. The zero-order valence-electron chi connectivity index (χ0n) is 10.3. The molecule has 2 aromatic carbocycles. The second-order valence-corrected chi connectivity index (χ2v) is 4.62. The largest absolute Gasteiger partial charge is 0.179 e. The third-order valence-corrected chi connectivity index (χ3v) is 3.07. The molecule has 3 aromatic rings. The molecule has 1 aromatic heterocycles. The first-order chi connectivity index (χ1) is 9.76. The van der Waals surface area contributed by atoms with Crippen LogP contribution in [-0.4, -0.2) is 15.0 Å². The highest BCUT2D eigenvalue weighted by Gasteiger charge is 2.06. The molecule has 0 radical (unpaired) electrons. The fourth-order valence-corrected chi connectivity index (χ4v) is 2.11. The zero-order valence-corrected chi connectivity index (χ0v) is 11.1. The van der Waals surface area contributed by atoms with Gasteiger partial charge in [0.25, 0.3) is 0 Å². The molecule has 0 saturated heterocycles. The van der Waals surface area contributed by atoms with Gasteiger partial charge in [-0.3, -0.25) is 0 Å². The molecule has 98 valence electrons. The summed E-state index contributed by atoms with van der Waals surface area (Å²) in [4.78, 5) is 4.38. The molecule has 7 heteroatoms. The Kier molecular flexibility index (Phi) is 3.25. The summed E-state index contributed by atoms with van der Waals surface area (Å²) in [5.41, 5.74) is 11.5. The average molecular weight is 285 g/mol. The predicted molar refractivity (Wildman–Crippen MR) is 76.9 cm³/mol. The molecule has 0 aliphatic rings. The van der Waals surface area contributed by atoms with Crippen LogP contribution in [0.2, 0.25) is 5.02 Å². The lowest BCUT2D eigenvalue weighted by molar-refractivity contribution is 0.601. The first-order valence-electron chi connectivity index (χ1n) is 5.89. The molecule has 0 spiro atoms. The van der Waals surface area contributed by atoms with Crippen molar-refractivity contribution in [2.75, 3.05) is 0 Å². The van der Waals surface area contributed by atoms with Crippen molar-refractivity contribution in [3.63, 3.8) is 0 Å². The van der Waals surface area contributed by atoms with Crippen LogP contribution in [0, 0.1) is 0 Å². The molecule has 6 nitrogen and oxygen atoms in total. The number of halogens is 1. The van der Waals surface area contributed by atoms with Gasteiger partial charge in [-0.1, -0.05) is 41.0 Å². The second-order valence-electron chi connectivity index (χ2n) is 4.18. The quantitative estimate of drug-likeness (QED) is 0.413. The van der Waals surface area contributed by atoms with Crippen molar-refractivity contribution in [2.45, 2.75) is 6.54 Å². The molecular formula is C13H9ClN6. The third-order valence-electron chi connectivity index (χ3n) is 2.84. The van der Waals surface area contributed by atoms with E-state index >= 15 is 0 Å². The summed E-state index contributed by atoms with van der Waals surface area (Å²) in [6, 6.07) is 12.7. The number of aromatic nitrogens is 3. The summed E-state index contributed by atoms with van der Waals surface area (Å²) in [7, 11) is 0. The second kappa shape index (κ2) is 5.21. The Hall–Kier alpha value is -2.56. The molecule has 0 saturated carbocycles. The fraction of sp³-hybridized carbons (Fsp3) is 0.0769. The van der Waals surface area contributed by atoms with Crippen LogP contribution in [-0.2, 0) is 6.54 Å². The summed E-state index contributed by atoms with van der Waals surface area (Å²) >= 11 is 5.92. The normalized spacial score (nSPS) is 10.4. The lowest BCUT2D eigenvalue weighted by Crippen LogP contribution is -2.03. The minimum atomic E-state index is 0.432. The Labute approximate surface area is 119 Å². The highest BCUT2D eigenvalue weighted by atomic mass is 35.5. The molecule has 0 bridgehead atoms. The number of nitrogens with zero attached hydrogens (tertiary/aromatic N) is 6. The SMILES string of the molecule is [N-]=[N+]=Nc1ccccc1Cn1nc2ccc(Cl)cc2n1. The van der Waals surface area contributed by atoms with E-state index in [-0.39, 0.29) is 0 Å². The number of hydrogen-bond acceptors (Lipinski definition) is 3. The van der Waals surface area contributed by atoms with Gasteiger partial charge in [-0.2, -0.15) is 15.0 Å². The van der Waals surface area contributed by atoms with Crippen molar-refractivity contribution in [1.29, 1.82) is 0 Å². The van der Waals surface area contributed by atoms with Gasteiger partial charge in [-0.15, -0.1) is 0 Å². The number of benzene rings is 2. The summed E-state index contributed by atoms with van der Waals surface area (Å²) in [5.74, 6) is 0. The van der Waals surface area contributed by atoms with Gasteiger partial charge >= 0.3 is 0 Å². The molecule has 0 aliphatic heterocycles. The van der Waals surface area contributed by atoms with E-state index in [0.717, 1.165) is 16.6 Å². The van der Waals surface area contributed by atoms with E-state index in [1.807, 2.05) is 24.3 Å². The van der Waals surface area contributed by atoms with E-state index < -0.39 is 0 Å². The highest BCUT2D eigenvalue weighted by Crippen LogP contribution is 2.21. The molecule has 0 unspecified atom stereocenters. The van der Waals surface area contributed by atoms with Gasteiger partial charge in [0, 0.05) is 15.6 Å². The van der Waals surface area contributed by atoms with E-state index in [1.165, 1.54) is 0 Å². The minimum absolute atomic E-state index is 0.432. The van der Waals surface area contributed by atoms with Crippen LogP contribution in [0.1, 0.15) is 5.56 Å². The van der Waals surface area contributed by atoms with Crippen LogP contribution in [0.15, 0.2) is 47.6 Å². The smallest absolute Gasteiger partial charge is 0.114 e. The fourth-order valence-electron chi connectivity index (χ4n) is 1.95. The molecule has 20 heavy (non-hydrogen) atoms. The molecule has 0 aliphatic carbocycles. The minimum Gasteiger partial charge on any atom is -0.179 e. The van der Waals surface area contributed by atoms with Crippen LogP contribution in [0.5, 0.6) is 0 Å². The molecule has 0 fully saturated rings. The lowest BCUT2D eigenvalue weighted by Gasteiger charge is -2.03. The summed E-state index contributed by atoms with van der Waals surface area (Å²) in [6.45, 7) is 0.432. The summed E-state index contributed by atoms with van der Waals surface area (Å²) in [6.07, 6.45) is 0. The van der Waals surface area contributed by atoms with Crippen LogP contribution >= 0.6 is 11.6 Å². The van der Waals surface area contributed by atoms with Crippen molar-refractivity contribution in [1.82, 2.24) is 15.0 Å². The van der Waals surface area contributed by atoms with Crippen molar-refractivity contribution >= 4 is 28.3 Å². The number of rotatable bonds is 3. The van der Waals surface area contributed by atoms with Crippen LogP contribution in [0.4, 0.5) is 5.69 Å². The van der Waals surface area contributed by atoms with Gasteiger partial charge in [0.2, 0.25) is 0 Å². The third kappa shape index (κ3) is 2.42. The molecule has 3 rings (SSSR count). The topological polar surface area (TPSA) is 79.5 Å². The lowest BCUT2D eigenvalue weighted by atomic mass is 10.2. The molecular weight excluding hydrogens is 276 g/mol. The predicted octanol–water partition coefficient (Wildman–Crippen LogP) is 4.07. The van der Waals surface area contributed by atoms with Crippen LogP contribution in [0.3, 0.4) is 0 Å². The Morgan fingerprint density at radius 1 is 1.15 bits per heavy atom. The van der Waals surface area contributed by atoms with Crippen LogP contribution in [0.25, 0.3) is 21.5 Å². The summed E-state index contributed by atoms with van der Waals surface area (Å²) in [5, 5.41) is 13.0. The Balaban J connectivity index is 1.99. The van der Waals surface area contributed by atoms with Gasteiger partial charge in [-0.25, -0.2) is 0 Å². The van der Waals surface area contributed by atoms with E-state index in [4.69, 9.17) is 17.1 Å². The average Bonchev–Trinajstić information content (AvgIpc) is 2.82. The van der Waals surface area contributed by atoms with Crippen LogP contribution < -0.4 is 0 Å². The summed E-state index contributed by atoms with van der Waals surface area (Å²) < 4.78 is 0. The molecule has 0 amide bonds. The maximum absolute atomic E-state index is 8.56. The number of hydrogen-bond donors (Lipinski definition) is 0. The van der Waals surface area contributed by atoms with Crippen molar-refractivity contribution in [3.05, 3.63) is 63.5 Å². The van der Waals surface area contributed by atoms with Gasteiger partial charge in [0.1, 0.15) is 11.0 Å². The number of fused-ring (bicyclic) bond motifs is 1. The Morgan fingerprint density at radius 2 is 1.95 bits per heavy atom. The number of azide groups is 1. The highest BCUT2D eigenvalue weighted by molar-refractivity contribution is 6.31. The first kappa shape index (κ1) is 12.5. The van der Waals surface area contributed by atoms with Gasteiger partial charge < -0.3 is 0 Å². The van der Waals surface area contributed by atoms with E-state index in [9.17, 15) is 0 Å². The van der Waals surface area contributed by atoms with E-state index in [2.05, 4.69) is 20.2 Å². The van der Waals surface area contributed by atoms with E-state index in [0.29, 0.717) is 17.3 Å². The standard InChI is InChI=1S/C13H9ClN6/c14-10-5-6-12-13(7-10)18-20(17-12)8-9-3-1-2-4-11(9)16-19-15/h1-7H,8H2. The van der Waals surface area contributed by atoms with Gasteiger partial charge in [0.15, 0.2) is 0 Å². The zero-order chi connectivity index (χ0) is 13.9. The Bertz CT molecular complexity index is 819. The first-order valence-corrected chi connectivity index (χ1v) is 6.27. The van der Waals surface area contributed by atoms with Gasteiger partial charge in [0.05, 0.1) is 6.54 Å². The molecule has 0 N–H and O–H groups in total. The van der Waals surface area contributed by atoms with Gasteiger partial charge in [-0.05, 0) is 29.3 Å². The maximum Gasteiger partial charge on any atom is 0.114 e. The molecule has 0 atom stereocenters. The maximum atomic E-state index is 8.56. The van der Waals surface area contributed by atoms with E-state index in [1.54, 1.807) is 23.0 Å².